The average Bonchev–Trinajstić information content (AvgIpc) is 2.35. The van der Waals surface area contributed by atoms with Crippen LogP contribution in [0.3, 0.4) is 0 Å². The van der Waals surface area contributed by atoms with E-state index in [1.165, 1.54) is 19.1 Å². The second-order valence-corrected chi connectivity index (χ2v) is 4.60. The van der Waals surface area contributed by atoms with Crippen molar-refractivity contribution in [2.75, 3.05) is 5.73 Å². The molecule has 0 amide bonds. The third-order valence-electron chi connectivity index (χ3n) is 2.74. The van der Waals surface area contributed by atoms with Crippen molar-refractivity contribution in [3.05, 3.63) is 47.5 Å². The van der Waals surface area contributed by atoms with Gasteiger partial charge in [-0.05, 0) is 31.5 Å². The van der Waals surface area contributed by atoms with Crippen molar-refractivity contribution >= 4 is 11.5 Å². The van der Waals surface area contributed by atoms with E-state index in [-0.39, 0.29) is 17.9 Å². The van der Waals surface area contributed by atoms with Gasteiger partial charge in [0.2, 0.25) is 0 Å². The van der Waals surface area contributed by atoms with E-state index in [1.807, 2.05) is 0 Å². The summed E-state index contributed by atoms with van der Waals surface area (Å²) in [6.07, 6.45) is 1.79. The number of benzene rings is 1. The van der Waals surface area contributed by atoms with E-state index in [1.54, 1.807) is 25.3 Å². The number of hydrogen-bond acceptors (Lipinski definition) is 4. The zero-order valence-electron chi connectivity index (χ0n) is 11.3. The van der Waals surface area contributed by atoms with Crippen LogP contribution in [0.1, 0.15) is 18.2 Å². The number of anilines is 1. The number of carbonyl (C=O) groups is 1. The molecule has 2 aromatic rings. The van der Waals surface area contributed by atoms with Gasteiger partial charge in [-0.2, -0.15) is 0 Å². The number of aryl methyl sites for hydroxylation is 1. The Balaban J connectivity index is 2.26. The first-order chi connectivity index (χ1) is 9.45. The molecule has 4 nitrogen and oxygen atoms in total. The number of nitrogens with two attached hydrogens (primary N) is 1. The summed E-state index contributed by atoms with van der Waals surface area (Å²) in [5.74, 6) is 0.383. The highest BCUT2D eigenvalue weighted by molar-refractivity contribution is 5.77. The topological polar surface area (TPSA) is 65.2 Å². The van der Waals surface area contributed by atoms with E-state index in [9.17, 15) is 9.18 Å². The molecule has 0 aliphatic heterocycles. The second kappa shape index (κ2) is 5.69. The Labute approximate surface area is 116 Å². The van der Waals surface area contributed by atoms with Crippen LogP contribution in [0.15, 0.2) is 30.5 Å². The lowest BCUT2D eigenvalue weighted by atomic mass is 10.2. The van der Waals surface area contributed by atoms with E-state index in [2.05, 4.69) is 4.98 Å². The van der Waals surface area contributed by atoms with Crippen LogP contribution in [0.5, 0.6) is 11.5 Å². The van der Waals surface area contributed by atoms with E-state index in [0.29, 0.717) is 17.2 Å². The summed E-state index contributed by atoms with van der Waals surface area (Å²) in [4.78, 5) is 15.2. The Morgan fingerprint density at radius 2 is 2.15 bits per heavy atom. The van der Waals surface area contributed by atoms with Crippen molar-refractivity contribution < 1.29 is 13.9 Å². The molecule has 0 fully saturated rings. The summed E-state index contributed by atoms with van der Waals surface area (Å²) >= 11 is 0. The van der Waals surface area contributed by atoms with E-state index in [4.69, 9.17) is 10.5 Å². The van der Waals surface area contributed by atoms with Gasteiger partial charge in [0, 0.05) is 24.8 Å². The van der Waals surface area contributed by atoms with Crippen LogP contribution in [-0.4, -0.2) is 10.8 Å². The molecule has 0 bridgehead atoms. The zero-order valence-corrected chi connectivity index (χ0v) is 11.3. The SMILES string of the molecule is CC(=O)Cc1cc(Oc2cc(F)c(N)cc2C)ccn1. The number of halogens is 1. The number of carbonyl (C=O) groups excluding carboxylic acids is 1. The smallest absolute Gasteiger partial charge is 0.149 e. The fourth-order valence-corrected chi connectivity index (χ4v) is 1.79. The van der Waals surface area contributed by atoms with Gasteiger partial charge in [0.15, 0.2) is 0 Å². The van der Waals surface area contributed by atoms with Crippen LogP contribution in [0.25, 0.3) is 0 Å². The number of nitrogens with zero attached hydrogens (tertiary/aromatic N) is 1. The van der Waals surface area contributed by atoms with Gasteiger partial charge >= 0.3 is 0 Å². The first-order valence-corrected chi connectivity index (χ1v) is 6.13. The van der Waals surface area contributed by atoms with Crippen LogP contribution in [0.4, 0.5) is 10.1 Å². The summed E-state index contributed by atoms with van der Waals surface area (Å²) in [6, 6.07) is 6.07. The molecular weight excluding hydrogens is 259 g/mol. The van der Waals surface area contributed by atoms with Gasteiger partial charge < -0.3 is 10.5 Å². The van der Waals surface area contributed by atoms with E-state index >= 15 is 0 Å². The summed E-state index contributed by atoms with van der Waals surface area (Å²) in [7, 11) is 0. The van der Waals surface area contributed by atoms with Crippen LogP contribution in [0, 0.1) is 12.7 Å². The highest BCUT2D eigenvalue weighted by Crippen LogP contribution is 2.28. The molecule has 0 atom stereocenters. The number of Topliss-reactive ketones (excluding diaryl/α,β-unsaturated/α-hetero) is 1. The fourth-order valence-electron chi connectivity index (χ4n) is 1.79. The number of ether oxygens (including phenoxy) is 1. The maximum Gasteiger partial charge on any atom is 0.149 e. The third kappa shape index (κ3) is 3.32. The minimum absolute atomic E-state index is 0.0179. The van der Waals surface area contributed by atoms with Crippen molar-refractivity contribution in [3.63, 3.8) is 0 Å². The molecule has 1 aromatic heterocycles. The van der Waals surface area contributed by atoms with Gasteiger partial charge in [-0.3, -0.25) is 9.78 Å². The molecule has 104 valence electrons. The van der Waals surface area contributed by atoms with Crippen LogP contribution in [0.2, 0.25) is 0 Å². The van der Waals surface area contributed by atoms with Crippen LogP contribution >= 0.6 is 0 Å². The normalized spacial score (nSPS) is 10.3. The predicted molar refractivity (Wildman–Crippen MR) is 74.2 cm³/mol. The molecule has 1 heterocycles. The Morgan fingerprint density at radius 3 is 2.85 bits per heavy atom. The lowest BCUT2D eigenvalue weighted by Gasteiger charge is -2.10. The maximum absolute atomic E-state index is 13.5. The molecule has 0 spiro atoms. The van der Waals surface area contributed by atoms with Gasteiger partial charge in [0.05, 0.1) is 11.4 Å². The molecule has 0 radical (unpaired) electrons. The highest BCUT2D eigenvalue weighted by Gasteiger charge is 2.08. The molecule has 0 aliphatic carbocycles. The Morgan fingerprint density at radius 1 is 1.40 bits per heavy atom. The molecule has 0 saturated heterocycles. The largest absolute Gasteiger partial charge is 0.457 e. The molecule has 5 heteroatoms. The van der Waals surface area contributed by atoms with E-state index in [0.717, 1.165) is 5.56 Å². The van der Waals surface area contributed by atoms with Gasteiger partial charge in [0.25, 0.3) is 0 Å². The molecule has 0 aliphatic rings. The van der Waals surface area contributed by atoms with Gasteiger partial charge in [-0.15, -0.1) is 0 Å². The average molecular weight is 274 g/mol. The summed E-state index contributed by atoms with van der Waals surface area (Å²) in [5.41, 5.74) is 6.91. The van der Waals surface area contributed by atoms with Gasteiger partial charge in [-0.1, -0.05) is 0 Å². The Kier molecular flexibility index (Phi) is 3.98. The lowest BCUT2D eigenvalue weighted by molar-refractivity contribution is -0.116. The van der Waals surface area contributed by atoms with Crippen molar-refractivity contribution in [1.29, 1.82) is 0 Å². The number of pyridine rings is 1. The number of ketones is 1. The predicted octanol–water partition coefficient (Wildman–Crippen LogP) is 3.04. The maximum atomic E-state index is 13.5. The molecule has 2 rings (SSSR count). The zero-order chi connectivity index (χ0) is 14.7. The van der Waals surface area contributed by atoms with Crippen LogP contribution in [-0.2, 0) is 11.2 Å². The lowest BCUT2D eigenvalue weighted by Crippen LogP contribution is -1.99. The monoisotopic (exact) mass is 274 g/mol. The quantitative estimate of drug-likeness (QED) is 0.870. The number of nitrogen functional groups attached to an aromatic ring is 1. The first kappa shape index (κ1) is 14.0. The second-order valence-electron chi connectivity index (χ2n) is 4.60. The Bertz CT molecular complexity index is 656. The van der Waals surface area contributed by atoms with Crippen LogP contribution < -0.4 is 10.5 Å². The van der Waals surface area contributed by atoms with Crippen molar-refractivity contribution in [1.82, 2.24) is 4.98 Å². The summed E-state index contributed by atoms with van der Waals surface area (Å²) in [5, 5.41) is 0. The minimum atomic E-state index is -0.524. The number of rotatable bonds is 4. The molecule has 20 heavy (non-hydrogen) atoms. The van der Waals surface area contributed by atoms with Crippen molar-refractivity contribution in [2.24, 2.45) is 0 Å². The molecule has 0 saturated carbocycles. The third-order valence-corrected chi connectivity index (χ3v) is 2.74. The Hall–Kier alpha value is -2.43. The molecule has 0 unspecified atom stereocenters. The number of hydrogen-bond donors (Lipinski definition) is 1. The standard InChI is InChI=1S/C15H15FN2O2/c1-9-5-14(17)13(16)8-15(9)20-12-3-4-18-11(7-12)6-10(2)19/h3-5,7-8H,6,17H2,1-2H3. The summed E-state index contributed by atoms with van der Waals surface area (Å²) < 4.78 is 19.1. The highest BCUT2D eigenvalue weighted by atomic mass is 19.1. The summed E-state index contributed by atoms with van der Waals surface area (Å²) in [6.45, 7) is 3.28. The first-order valence-electron chi connectivity index (χ1n) is 6.13. The molecule has 1 aromatic carbocycles. The fraction of sp³-hybridized carbons (Fsp3) is 0.200. The van der Waals surface area contributed by atoms with Gasteiger partial charge in [0.1, 0.15) is 23.1 Å². The van der Waals surface area contributed by atoms with Crippen molar-refractivity contribution in [3.8, 4) is 11.5 Å². The van der Waals surface area contributed by atoms with Crippen molar-refractivity contribution in [2.45, 2.75) is 20.3 Å². The molecule has 2 N–H and O–H groups in total. The molecular formula is C15H15FN2O2. The number of aromatic nitrogens is 1. The van der Waals surface area contributed by atoms with E-state index < -0.39 is 5.82 Å². The van der Waals surface area contributed by atoms with Gasteiger partial charge in [-0.25, -0.2) is 4.39 Å². The minimum Gasteiger partial charge on any atom is -0.457 e.